The molecule has 7 nitrogen and oxygen atoms in total. The van der Waals surface area contributed by atoms with E-state index in [1.165, 1.54) is 19.2 Å². The lowest BCUT2D eigenvalue weighted by Gasteiger charge is -2.23. The van der Waals surface area contributed by atoms with Crippen molar-refractivity contribution in [2.24, 2.45) is 5.92 Å². The Bertz CT molecular complexity index is 908. The van der Waals surface area contributed by atoms with E-state index < -0.39 is 10.1 Å². The first kappa shape index (κ1) is 23.7. The van der Waals surface area contributed by atoms with Gasteiger partial charge in [-0.3, -0.25) is 4.79 Å². The highest BCUT2D eigenvalue weighted by Gasteiger charge is 2.18. The molecule has 30 heavy (non-hydrogen) atoms. The Morgan fingerprint density at radius 2 is 1.57 bits per heavy atom. The van der Waals surface area contributed by atoms with Crippen LogP contribution in [0.15, 0.2) is 53.4 Å². The van der Waals surface area contributed by atoms with Gasteiger partial charge >= 0.3 is 10.1 Å². The van der Waals surface area contributed by atoms with E-state index in [0.29, 0.717) is 31.9 Å². The van der Waals surface area contributed by atoms with E-state index in [-0.39, 0.29) is 22.5 Å². The van der Waals surface area contributed by atoms with Crippen LogP contribution >= 0.6 is 0 Å². The molecule has 0 heterocycles. The molecule has 0 aliphatic heterocycles. The van der Waals surface area contributed by atoms with E-state index in [2.05, 4.69) is 0 Å². The largest absolute Gasteiger partial charge is 0.497 e. The van der Waals surface area contributed by atoms with Crippen molar-refractivity contribution < 1.29 is 26.9 Å². The van der Waals surface area contributed by atoms with Crippen molar-refractivity contribution in [3.05, 3.63) is 54.1 Å². The zero-order valence-corrected chi connectivity index (χ0v) is 18.6. The van der Waals surface area contributed by atoms with Gasteiger partial charge in [0.05, 0.1) is 13.7 Å². The molecule has 0 saturated carbocycles. The Balaban J connectivity index is 2.07. The van der Waals surface area contributed by atoms with Gasteiger partial charge in [0.25, 0.3) is 0 Å². The van der Waals surface area contributed by atoms with Crippen LogP contribution in [0.25, 0.3) is 0 Å². The molecule has 164 valence electrons. The molecular weight excluding hydrogens is 406 g/mol. The highest BCUT2D eigenvalue weighted by Crippen LogP contribution is 2.22. The quantitative estimate of drug-likeness (QED) is 0.503. The number of rotatable bonds is 11. The maximum atomic E-state index is 12.5. The normalized spacial score (nSPS) is 11.4. The maximum absolute atomic E-state index is 12.5. The third kappa shape index (κ3) is 7.03. The fourth-order valence-corrected chi connectivity index (χ4v) is 3.69. The summed E-state index contributed by atoms with van der Waals surface area (Å²) in [4.78, 5) is 14.3. The first-order valence-corrected chi connectivity index (χ1v) is 11.1. The molecule has 0 spiro atoms. The Morgan fingerprint density at radius 1 is 0.967 bits per heavy atom. The molecule has 2 rings (SSSR count). The second-order valence-corrected chi connectivity index (χ2v) is 8.81. The summed E-state index contributed by atoms with van der Waals surface area (Å²) in [6.45, 7) is 5.36. The molecule has 0 aromatic heterocycles. The fourth-order valence-electron chi connectivity index (χ4n) is 2.76. The van der Waals surface area contributed by atoms with Gasteiger partial charge in [-0.15, -0.1) is 0 Å². The average Bonchev–Trinajstić information content (AvgIpc) is 2.71. The van der Waals surface area contributed by atoms with Gasteiger partial charge in [-0.1, -0.05) is 26.0 Å². The summed E-state index contributed by atoms with van der Waals surface area (Å²) < 4.78 is 40.2. The number of ether oxygens (including phenoxy) is 2. The first-order valence-electron chi connectivity index (χ1n) is 9.69. The molecule has 0 aliphatic carbocycles. The summed E-state index contributed by atoms with van der Waals surface area (Å²) in [5.41, 5.74) is 0.873. The van der Waals surface area contributed by atoms with Gasteiger partial charge in [0, 0.05) is 26.6 Å². The summed E-state index contributed by atoms with van der Waals surface area (Å²) in [6, 6.07) is 12.6. The van der Waals surface area contributed by atoms with Gasteiger partial charge in [0.1, 0.15) is 16.4 Å². The Kier molecular flexibility index (Phi) is 8.68. The molecule has 1 amide bonds. The van der Waals surface area contributed by atoms with E-state index in [9.17, 15) is 13.2 Å². The minimum Gasteiger partial charge on any atom is -0.497 e. The van der Waals surface area contributed by atoms with E-state index in [1.807, 2.05) is 13.8 Å². The number of hydrogen-bond acceptors (Lipinski definition) is 6. The van der Waals surface area contributed by atoms with Gasteiger partial charge in [0.2, 0.25) is 5.91 Å². The van der Waals surface area contributed by atoms with Gasteiger partial charge in [0.15, 0.2) is 0 Å². The van der Waals surface area contributed by atoms with Crippen molar-refractivity contribution in [1.82, 2.24) is 4.90 Å². The second-order valence-electron chi connectivity index (χ2n) is 7.26. The Hall–Kier alpha value is -2.58. The van der Waals surface area contributed by atoms with Crippen LogP contribution in [-0.2, 0) is 26.2 Å². The zero-order valence-electron chi connectivity index (χ0n) is 17.8. The topological polar surface area (TPSA) is 82.1 Å². The molecule has 2 aromatic rings. The number of nitrogens with zero attached hydrogens (tertiary/aromatic N) is 1. The third-order valence-electron chi connectivity index (χ3n) is 4.35. The third-order valence-corrected chi connectivity index (χ3v) is 5.61. The molecule has 0 radical (unpaired) electrons. The minimum absolute atomic E-state index is 0.0393. The van der Waals surface area contributed by atoms with Crippen LogP contribution in [-0.4, -0.2) is 46.6 Å². The highest BCUT2D eigenvalue weighted by molar-refractivity contribution is 7.87. The van der Waals surface area contributed by atoms with Gasteiger partial charge in [-0.05, 0) is 47.9 Å². The van der Waals surface area contributed by atoms with Crippen molar-refractivity contribution in [2.45, 2.75) is 31.7 Å². The van der Waals surface area contributed by atoms with Crippen LogP contribution in [0.2, 0.25) is 0 Å². The summed E-state index contributed by atoms with van der Waals surface area (Å²) in [5.74, 6) is 1.08. The first-order chi connectivity index (χ1) is 14.2. The number of benzene rings is 2. The van der Waals surface area contributed by atoms with Crippen LogP contribution in [0, 0.1) is 5.92 Å². The summed E-state index contributed by atoms with van der Waals surface area (Å²) >= 11 is 0. The van der Waals surface area contributed by atoms with Gasteiger partial charge < -0.3 is 18.6 Å². The van der Waals surface area contributed by atoms with E-state index in [4.69, 9.17) is 13.7 Å². The number of amides is 1. The number of carbonyl (C=O) groups excluding carboxylic acids is 1. The predicted molar refractivity (Wildman–Crippen MR) is 114 cm³/mol. The lowest BCUT2D eigenvalue weighted by molar-refractivity contribution is -0.133. The van der Waals surface area contributed by atoms with E-state index in [1.54, 1.807) is 48.4 Å². The monoisotopic (exact) mass is 435 g/mol. The second kappa shape index (κ2) is 11.0. The van der Waals surface area contributed by atoms with Gasteiger partial charge in [-0.25, -0.2) is 0 Å². The van der Waals surface area contributed by atoms with Crippen molar-refractivity contribution in [3.8, 4) is 11.5 Å². The molecule has 0 aliphatic rings. The molecule has 0 unspecified atom stereocenters. The molecule has 2 aromatic carbocycles. The molecule has 0 atom stereocenters. The van der Waals surface area contributed by atoms with E-state index in [0.717, 1.165) is 5.56 Å². The van der Waals surface area contributed by atoms with E-state index >= 15 is 0 Å². The van der Waals surface area contributed by atoms with Crippen LogP contribution < -0.4 is 8.92 Å². The molecule has 8 heteroatoms. The SMILES string of the molecule is COCCN(Cc1ccc(OS(=O)(=O)c2ccc(OC)cc2)cc1)C(=O)CC(C)C. The maximum Gasteiger partial charge on any atom is 0.339 e. The summed E-state index contributed by atoms with van der Waals surface area (Å²) in [6.07, 6.45) is 0.463. The van der Waals surface area contributed by atoms with Crippen LogP contribution in [0.5, 0.6) is 11.5 Å². The fraction of sp³-hybridized carbons (Fsp3) is 0.409. The lowest BCUT2D eigenvalue weighted by atomic mass is 10.1. The molecule has 0 bridgehead atoms. The highest BCUT2D eigenvalue weighted by atomic mass is 32.2. The molecule has 0 saturated heterocycles. The van der Waals surface area contributed by atoms with Crippen molar-refractivity contribution >= 4 is 16.0 Å². The standard InChI is InChI=1S/C22H29NO6S/c1-17(2)15-22(24)23(13-14-27-3)16-18-5-7-20(8-6-18)29-30(25,26)21-11-9-19(28-4)10-12-21/h5-12,17H,13-16H2,1-4H3. The zero-order chi connectivity index (χ0) is 22.1. The van der Waals surface area contributed by atoms with Gasteiger partial charge in [-0.2, -0.15) is 8.42 Å². The summed E-state index contributed by atoms with van der Waals surface area (Å²) in [7, 11) is -0.844. The molecule has 0 fully saturated rings. The van der Waals surface area contributed by atoms with Crippen molar-refractivity contribution in [1.29, 1.82) is 0 Å². The molecule has 0 N–H and O–H groups in total. The lowest BCUT2D eigenvalue weighted by Crippen LogP contribution is -2.34. The van der Waals surface area contributed by atoms with Crippen molar-refractivity contribution in [3.63, 3.8) is 0 Å². The predicted octanol–water partition coefficient (Wildman–Crippen LogP) is 3.48. The Labute approximate surface area is 178 Å². The minimum atomic E-state index is -3.95. The molecular formula is C22H29NO6S. The number of methoxy groups -OCH3 is 2. The smallest absolute Gasteiger partial charge is 0.339 e. The number of carbonyl (C=O) groups is 1. The average molecular weight is 436 g/mol. The van der Waals surface area contributed by atoms with Crippen LogP contribution in [0.3, 0.4) is 0 Å². The number of hydrogen-bond donors (Lipinski definition) is 0. The summed E-state index contributed by atoms with van der Waals surface area (Å²) in [5, 5.41) is 0. The Morgan fingerprint density at radius 3 is 2.10 bits per heavy atom. The van der Waals surface area contributed by atoms with Crippen LogP contribution in [0.1, 0.15) is 25.8 Å². The van der Waals surface area contributed by atoms with Crippen LogP contribution in [0.4, 0.5) is 0 Å². The van der Waals surface area contributed by atoms with Crippen molar-refractivity contribution in [2.75, 3.05) is 27.4 Å².